The molecule has 3 N–H and O–H groups in total. The lowest BCUT2D eigenvalue weighted by atomic mass is 10.1. The molecule has 164 valence electrons. The minimum atomic E-state index is -0.248. The quantitative estimate of drug-likeness (QED) is 0.396. The molecule has 0 atom stereocenters. The van der Waals surface area contributed by atoms with Crippen molar-refractivity contribution in [3.05, 3.63) is 58.9 Å². The molecule has 32 heavy (non-hydrogen) atoms. The second-order valence-corrected chi connectivity index (χ2v) is 8.33. The molecule has 0 bridgehead atoms. The van der Waals surface area contributed by atoms with Gasteiger partial charge < -0.3 is 15.5 Å². The maximum Gasteiger partial charge on any atom is 0.267 e. The van der Waals surface area contributed by atoms with Gasteiger partial charge in [0.15, 0.2) is 5.13 Å². The Hall–Kier alpha value is -3.79. The van der Waals surface area contributed by atoms with Crippen LogP contribution in [0.15, 0.2) is 42.7 Å². The average molecular weight is 450 g/mol. The van der Waals surface area contributed by atoms with Crippen molar-refractivity contribution < 1.29 is 9.59 Å². The Morgan fingerprint density at radius 1 is 1.19 bits per heavy atom. The van der Waals surface area contributed by atoms with E-state index in [1.807, 2.05) is 38.1 Å². The van der Waals surface area contributed by atoms with E-state index in [0.29, 0.717) is 28.1 Å². The van der Waals surface area contributed by atoms with E-state index >= 15 is 0 Å². The fourth-order valence-electron chi connectivity index (χ4n) is 3.13. The molecule has 0 aliphatic rings. The normalized spacial score (nSPS) is 10.8. The van der Waals surface area contributed by atoms with Gasteiger partial charge in [-0.25, -0.2) is 9.97 Å². The van der Waals surface area contributed by atoms with Gasteiger partial charge in [-0.2, -0.15) is 5.10 Å². The number of anilines is 3. The van der Waals surface area contributed by atoms with Crippen LogP contribution in [0.3, 0.4) is 0 Å². The summed E-state index contributed by atoms with van der Waals surface area (Å²) < 4.78 is 0. The number of H-pyrrole nitrogens is 1. The summed E-state index contributed by atoms with van der Waals surface area (Å²) in [5, 5.41) is 14.4. The number of carbonyl (C=O) groups is 2. The Labute approximate surface area is 188 Å². The van der Waals surface area contributed by atoms with Gasteiger partial charge in [0.25, 0.3) is 5.91 Å². The van der Waals surface area contributed by atoms with E-state index in [-0.39, 0.29) is 18.2 Å². The Kier molecular flexibility index (Phi) is 6.13. The number of thiazole rings is 1. The van der Waals surface area contributed by atoms with Crippen molar-refractivity contribution in [3.63, 3.8) is 0 Å². The smallest absolute Gasteiger partial charge is 0.267 e. The van der Waals surface area contributed by atoms with Crippen LogP contribution in [0.2, 0.25) is 0 Å². The molecule has 0 radical (unpaired) electrons. The number of likely N-dealkylation sites (N-methyl/N-ethyl adjacent to an activating group) is 1. The Morgan fingerprint density at radius 2 is 2.03 bits per heavy atom. The first-order chi connectivity index (χ1) is 15.4. The predicted octanol–water partition coefficient (Wildman–Crippen LogP) is 3.74. The second kappa shape index (κ2) is 9.15. The van der Waals surface area contributed by atoms with Gasteiger partial charge >= 0.3 is 0 Å². The molecule has 4 aromatic rings. The lowest BCUT2D eigenvalue weighted by molar-refractivity contribution is -0.129. The van der Waals surface area contributed by atoms with E-state index in [9.17, 15) is 9.59 Å². The van der Waals surface area contributed by atoms with Gasteiger partial charge in [0, 0.05) is 19.0 Å². The second-order valence-electron chi connectivity index (χ2n) is 7.30. The van der Waals surface area contributed by atoms with Gasteiger partial charge in [-0.05, 0) is 37.6 Å². The van der Waals surface area contributed by atoms with E-state index < -0.39 is 0 Å². The number of fused-ring (bicyclic) bond motifs is 1. The van der Waals surface area contributed by atoms with Crippen molar-refractivity contribution in [2.24, 2.45) is 0 Å². The molecule has 0 aliphatic carbocycles. The highest BCUT2D eigenvalue weighted by Gasteiger charge is 2.15. The molecule has 0 spiro atoms. The zero-order valence-corrected chi connectivity index (χ0v) is 18.8. The molecular formula is C22H23N7O2S. The maximum absolute atomic E-state index is 12.8. The summed E-state index contributed by atoms with van der Waals surface area (Å²) in [6, 6.07) is 9.29. The van der Waals surface area contributed by atoms with Gasteiger partial charge in [0.05, 0.1) is 35.7 Å². The molecule has 0 fully saturated rings. The molecule has 9 nitrogen and oxygen atoms in total. The Bertz CT molecular complexity index is 1280. The molecule has 3 aromatic heterocycles. The summed E-state index contributed by atoms with van der Waals surface area (Å²) in [6.07, 6.45) is 3.44. The number of pyridine rings is 1. The first-order valence-electron chi connectivity index (χ1n) is 10.1. The van der Waals surface area contributed by atoms with Crippen molar-refractivity contribution in [1.82, 2.24) is 25.1 Å². The van der Waals surface area contributed by atoms with Crippen LogP contribution in [0.1, 0.15) is 27.9 Å². The zero-order chi connectivity index (χ0) is 22.7. The highest BCUT2D eigenvalue weighted by Crippen LogP contribution is 2.28. The molecule has 4 rings (SSSR count). The van der Waals surface area contributed by atoms with Crippen LogP contribution in [0.4, 0.5) is 16.6 Å². The van der Waals surface area contributed by atoms with Crippen molar-refractivity contribution >= 4 is 50.7 Å². The monoisotopic (exact) mass is 449 g/mol. The van der Waals surface area contributed by atoms with Gasteiger partial charge in [-0.3, -0.25) is 14.7 Å². The molecule has 0 saturated carbocycles. The van der Waals surface area contributed by atoms with Crippen LogP contribution < -0.4 is 10.6 Å². The van der Waals surface area contributed by atoms with E-state index in [2.05, 4.69) is 30.8 Å². The van der Waals surface area contributed by atoms with Crippen LogP contribution in [-0.4, -0.2) is 50.5 Å². The minimum absolute atomic E-state index is 0.00768. The number of hydrogen-bond acceptors (Lipinski definition) is 7. The van der Waals surface area contributed by atoms with Crippen molar-refractivity contribution in [1.29, 1.82) is 0 Å². The van der Waals surface area contributed by atoms with Gasteiger partial charge in [-0.15, -0.1) is 0 Å². The van der Waals surface area contributed by atoms with E-state index in [4.69, 9.17) is 0 Å². The number of rotatable bonds is 7. The fraction of sp³-hybridized carbons (Fsp3) is 0.227. The SMILES string of the molecule is CCN(C)C(=O)Cc1cccc(Nc2ncc(C(=O)Nc3c(C)ccc4[nH]ncc34)s2)n1. The van der Waals surface area contributed by atoms with Gasteiger partial charge in [-0.1, -0.05) is 23.5 Å². The van der Waals surface area contributed by atoms with Gasteiger partial charge in [0.2, 0.25) is 5.91 Å². The molecule has 2 amide bonds. The fourth-order valence-corrected chi connectivity index (χ4v) is 3.85. The summed E-state index contributed by atoms with van der Waals surface area (Å²) in [5.41, 5.74) is 3.19. The average Bonchev–Trinajstić information content (AvgIpc) is 3.45. The number of aromatic amines is 1. The highest BCUT2D eigenvalue weighted by atomic mass is 32.1. The number of hydrogen-bond donors (Lipinski definition) is 3. The maximum atomic E-state index is 12.8. The summed E-state index contributed by atoms with van der Waals surface area (Å²) >= 11 is 1.22. The van der Waals surface area contributed by atoms with E-state index in [0.717, 1.165) is 22.2 Å². The number of benzene rings is 1. The zero-order valence-electron chi connectivity index (χ0n) is 18.0. The number of amides is 2. The van der Waals surface area contributed by atoms with E-state index in [1.165, 1.54) is 17.5 Å². The van der Waals surface area contributed by atoms with Gasteiger partial charge in [0.1, 0.15) is 10.7 Å². The van der Waals surface area contributed by atoms with Crippen molar-refractivity contribution in [3.8, 4) is 0 Å². The first kappa shape index (κ1) is 21.4. The first-order valence-corrected chi connectivity index (χ1v) is 10.9. The van der Waals surface area contributed by atoms with Crippen LogP contribution in [0.25, 0.3) is 10.9 Å². The lowest BCUT2D eigenvalue weighted by Gasteiger charge is -2.14. The number of aryl methyl sites for hydroxylation is 1. The third-order valence-electron chi connectivity index (χ3n) is 5.07. The topological polar surface area (TPSA) is 116 Å². The molecule has 3 heterocycles. The highest BCUT2D eigenvalue weighted by molar-refractivity contribution is 7.17. The Morgan fingerprint density at radius 3 is 2.84 bits per heavy atom. The number of nitrogens with zero attached hydrogens (tertiary/aromatic N) is 4. The minimum Gasteiger partial charge on any atom is -0.346 e. The molecule has 0 aliphatic heterocycles. The third-order valence-corrected chi connectivity index (χ3v) is 5.99. The third kappa shape index (κ3) is 4.59. The molecule has 0 saturated heterocycles. The van der Waals surface area contributed by atoms with Crippen LogP contribution in [0, 0.1) is 6.92 Å². The molecular weight excluding hydrogens is 426 g/mol. The van der Waals surface area contributed by atoms with Crippen molar-refractivity contribution in [2.75, 3.05) is 24.2 Å². The number of nitrogens with one attached hydrogen (secondary N) is 3. The summed E-state index contributed by atoms with van der Waals surface area (Å²) in [7, 11) is 1.76. The Balaban J connectivity index is 1.45. The molecule has 10 heteroatoms. The summed E-state index contributed by atoms with van der Waals surface area (Å²) in [6.45, 7) is 4.51. The standard InChI is InChI=1S/C22H23N7O2S/c1-4-29(3)19(30)10-14-6-5-7-18(25-14)26-22-23-12-17(32-22)21(31)27-20-13(2)8-9-16-15(20)11-24-28-16/h5-9,11-12H,4,10H2,1-3H3,(H,24,28)(H,27,31)(H,23,25,26). The predicted molar refractivity (Wildman–Crippen MR) is 125 cm³/mol. The summed E-state index contributed by atoms with van der Waals surface area (Å²) in [5.74, 6) is 0.324. The molecule has 1 aromatic carbocycles. The van der Waals surface area contributed by atoms with Crippen LogP contribution in [0.5, 0.6) is 0 Å². The molecule has 0 unspecified atom stereocenters. The summed E-state index contributed by atoms with van der Waals surface area (Å²) in [4.78, 5) is 35.8. The number of aromatic nitrogens is 4. The lowest BCUT2D eigenvalue weighted by Crippen LogP contribution is -2.28. The van der Waals surface area contributed by atoms with Crippen LogP contribution >= 0.6 is 11.3 Å². The van der Waals surface area contributed by atoms with E-state index in [1.54, 1.807) is 24.2 Å². The number of carbonyl (C=O) groups excluding carboxylic acids is 2. The largest absolute Gasteiger partial charge is 0.346 e. The van der Waals surface area contributed by atoms with Crippen molar-refractivity contribution in [2.45, 2.75) is 20.3 Å². The van der Waals surface area contributed by atoms with Crippen LogP contribution in [-0.2, 0) is 11.2 Å².